The molecule has 0 aliphatic rings. The van der Waals surface area contributed by atoms with Gasteiger partial charge in [-0.05, 0) is 24.3 Å². The average Bonchev–Trinajstić information content (AvgIpc) is 3.13. The van der Waals surface area contributed by atoms with E-state index in [4.69, 9.17) is 0 Å². The lowest BCUT2D eigenvalue weighted by atomic mass is 10.2. The number of nitrogens with one attached hydrogen (secondary N) is 1. The molecule has 146 valence electrons. The van der Waals surface area contributed by atoms with Gasteiger partial charge in [0.1, 0.15) is 7.05 Å². The molecule has 27 heavy (non-hydrogen) atoms. The highest BCUT2D eigenvalue weighted by molar-refractivity contribution is 7.14. The first-order valence-electron chi connectivity index (χ1n) is 8.77. The van der Waals surface area contributed by atoms with Crippen LogP contribution in [0.25, 0.3) is 11.3 Å². The largest absolute Gasteiger partial charge is 0.416 e. The van der Waals surface area contributed by atoms with Crippen molar-refractivity contribution in [3.8, 4) is 11.3 Å². The molecule has 2 heterocycles. The maximum Gasteiger partial charge on any atom is 0.416 e. The number of halogens is 3. The van der Waals surface area contributed by atoms with Crippen LogP contribution < -0.4 is 9.88 Å². The van der Waals surface area contributed by atoms with Crippen molar-refractivity contribution in [2.75, 3.05) is 5.32 Å². The molecule has 0 aliphatic carbocycles. The maximum atomic E-state index is 12.7. The van der Waals surface area contributed by atoms with Gasteiger partial charge in [-0.15, -0.1) is 11.3 Å². The highest BCUT2D eigenvalue weighted by atomic mass is 32.1. The summed E-state index contributed by atoms with van der Waals surface area (Å²) in [4.78, 5) is 4.42. The highest BCUT2D eigenvalue weighted by Gasteiger charge is 2.30. The molecule has 1 aromatic carbocycles. The molecule has 1 N–H and O–H groups in total. The van der Waals surface area contributed by atoms with Crippen LogP contribution in [0.2, 0.25) is 0 Å². The van der Waals surface area contributed by atoms with E-state index in [1.165, 1.54) is 17.4 Å². The lowest BCUT2D eigenvalue weighted by Crippen LogP contribution is -2.26. The Morgan fingerprint density at radius 2 is 1.74 bits per heavy atom. The molecule has 0 atom stereocenters. The van der Waals surface area contributed by atoms with E-state index in [1.807, 2.05) is 69.2 Å². The van der Waals surface area contributed by atoms with Gasteiger partial charge in [0.2, 0.25) is 0 Å². The second-order valence-corrected chi connectivity index (χ2v) is 5.86. The van der Waals surface area contributed by atoms with Crippen molar-refractivity contribution < 1.29 is 17.7 Å². The average molecular weight is 397 g/mol. The minimum atomic E-state index is -4.36. The standard InChI is InChI=1S/C16H13F3N3S.2C2H6/c1-22-7-3-4-11(9-22)14-10-23-15(21-14)20-13-6-2-5-12(8-13)16(17,18)19;2*1-2/h2-10H,1H3,(H,20,21);2*1-2H3/q+1;;. The smallest absolute Gasteiger partial charge is 0.332 e. The Morgan fingerprint density at radius 1 is 1.04 bits per heavy atom. The van der Waals surface area contributed by atoms with Crippen molar-refractivity contribution in [1.29, 1.82) is 0 Å². The predicted molar refractivity (Wildman–Crippen MR) is 106 cm³/mol. The first-order valence-corrected chi connectivity index (χ1v) is 9.65. The molecule has 0 amide bonds. The van der Waals surface area contributed by atoms with Crippen LogP contribution in [-0.2, 0) is 13.2 Å². The fourth-order valence-corrected chi connectivity index (χ4v) is 2.84. The summed E-state index contributed by atoms with van der Waals surface area (Å²) in [7, 11) is 1.91. The van der Waals surface area contributed by atoms with E-state index in [0.29, 0.717) is 10.8 Å². The second kappa shape index (κ2) is 10.7. The minimum absolute atomic E-state index is 0.361. The summed E-state index contributed by atoms with van der Waals surface area (Å²) in [5.41, 5.74) is 1.40. The van der Waals surface area contributed by atoms with E-state index in [-0.39, 0.29) is 0 Å². The van der Waals surface area contributed by atoms with E-state index in [1.54, 1.807) is 6.07 Å². The molecule has 0 bridgehead atoms. The zero-order valence-electron chi connectivity index (χ0n) is 16.1. The molecule has 0 saturated carbocycles. The molecule has 0 spiro atoms. The monoisotopic (exact) mass is 396 g/mol. The van der Waals surface area contributed by atoms with Gasteiger partial charge in [0.25, 0.3) is 0 Å². The molecule has 0 radical (unpaired) electrons. The molecule has 0 unspecified atom stereocenters. The number of thiazole rings is 1. The zero-order chi connectivity index (χ0) is 20.4. The van der Waals surface area contributed by atoms with Gasteiger partial charge in [0.15, 0.2) is 17.5 Å². The number of pyridine rings is 1. The quantitative estimate of drug-likeness (QED) is 0.516. The molecular weight excluding hydrogens is 371 g/mol. The van der Waals surface area contributed by atoms with E-state index in [9.17, 15) is 13.2 Å². The summed E-state index contributed by atoms with van der Waals surface area (Å²) in [6.07, 6.45) is -0.509. The topological polar surface area (TPSA) is 28.8 Å². The van der Waals surface area contributed by atoms with Gasteiger partial charge in [-0.25, -0.2) is 9.55 Å². The zero-order valence-corrected chi connectivity index (χ0v) is 16.9. The summed E-state index contributed by atoms with van der Waals surface area (Å²) in [6.45, 7) is 8.00. The van der Waals surface area contributed by atoms with Gasteiger partial charge in [0, 0.05) is 17.1 Å². The molecule has 0 saturated heterocycles. The van der Waals surface area contributed by atoms with Crippen LogP contribution in [0.15, 0.2) is 54.2 Å². The number of nitrogens with zero attached hydrogens (tertiary/aromatic N) is 2. The number of aryl methyl sites for hydroxylation is 1. The Balaban J connectivity index is 0.000000855. The van der Waals surface area contributed by atoms with Crippen LogP contribution >= 0.6 is 11.3 Å². The Bertz CT molecular complexity index is 829. The number of anilines is 2. The Kier molecular flexibility index (Phi) is 8.94. The fourth-order valence-electron chi connectivity index (χ4n) is 2.10. The van der Waals surface area contributed by atoms with E-state index < -0.39 is 11.7 Å². The van der Waals surface area contributed by atoms with Crippen LogP contribution in [0.4, 0.5) is 24.0 Å². The number of rotatable bonds is 3. The highest BCUT2D eigenvalue weighted by Crippen LogP contribution is 2.32. The Morgan fingerprint density at radius 3 is 2.37 bits per heavy atom. The molecular formula is C20H25F3N3S+. The first kappa shape index (κ1) is 22.6. The van der Waals surface area contributed by atoms with Crippen molar-refractivity contribution in [2.45, 2.75) is 33.9 Å². The predicted octanol–water partition coefficient (Wildman–Crippen LogP) is 6.45. The number of benzene rings is 1. The van der Waals surface area contributed by atoms with Gasteiger partial charge in [-0.1, -0.05) is 33.8 Å². The maximum absolute atomic E-state index is 12.7. The Labute approximate surface area is 162 Å². The van der Waals surface area contributed by atoms with Crippen LogP contribution in [-0.4, -0.2) is 4.98 Å². The molecule has 2 aromatic heterocycles. The molecule has 3 aromatic rings. The van der Waals surface area contributed by atoms with Crippen molar-refractivity contribution in [2.24, 2.45) is 7.05 Å². The number of hydrogen-bond donors (Lipinski definition) is 1. The van der Waals surface area contributed by atoms with E-state index >= 15 is 0 Å². The third kappa shape index (κ3) is 6.67. The van der Waals surface area contributed by atoms with Gasteiger partial charge >= 0.3 is 6.18 Å². The lowest BCUT2D eigenvalue weighted by Gasteiger charge is -2.08. The van der Waals surface area contributed by atoms with Gasteiger partial charge < -0.3 is 5.32 Å². The summed E-state index contributed by atoms with van der Waals surface area (Å²) >= 11 is 1.35. The third-order valence-corrected chi connectivity index (χ3v) is 3.94. The van der Waals surface area contributed by atoms with Gasteiger partial charge in [-0.3, -0.25) is 0 Å². The van der Waals surface area contributed by atoms with Crippen molar-refractivity contribution >= 4 is 22.2 Å². The summed E-state index contributed by atoms with van der Waals surface area (Å²) < 4.78 is 40.1. The third-order valence-electron chi connectivity index (χ3n) is 3.18. The lowest BCUT2D eigenvalue weighted by molar-refractivity contribution is -0.671. The van der Waals surface area contributed by atoms with Crippen LogP contribution in [0.5, 0.6) is 0 Å². The van der Waals surface area contributed by atoms with Crippen LogP contribution in [0, 0.1) is 0 Å². The van der Waals surface area contributed by atoms with Crippen LogP contribution in [0.3, 0.4) is 0 Å². The van der Waals surface area contributed by atoms with E-state index in [2.05, 4.69) is 10.3 Å². The fraction of sp³-hybridized carbons (Fsp3) is 0.300. The van der Waals surface area contributed by atoms with Gasteiger partial charge in [0.05, 0.1) is 16.8 Å². The summed E-state index contributed by atoms with van der Waals surface area (Å²) in [5, 5.41) is 5.34. The van der Waals surface area contributed by atoms with Gasteiger partial charge in [-0.2, -0.15) is 13.2 Å². The normalized spacial score (nSPS) is 10.2. The molecule has 0 aliphatic heterocycles. The Hall–Kier alpha value is -2.41. The first-order chi connectivity index (χ1) is 12.9. The second-order valence-electron chi connectivity index (χ2n) is 5.00. The van der Waals surface area contributed by atoms with Crippen molar-refractivity contribution in [3.05, 3.63) is 59.7 Å². The molecule has 0 fully saturated rings. The molecule has 3 rings (SSSR count). The molecule has 7 heteroatoms. The number of hydrogen-bond acceptors (Lipinski definition) is 3. The van der Waals surface area contributed by atoms with E-state index in [0.717, 1.165) is 23.4 Å². The SMILES string of the molecule is CC.CC.C[n+]1cccc(-c2csc(Nc3cccc(C(F)(F)F)c3)n2)c1. The van der Waals surface area contributed by atoms with Crippen molar-refractivity contribution in [3.63, 3.8) is 0 Å². The summed E-state index contributed by atoms with van der Waals surface area (Å²) in [6, 6.07) is 8.92. The molecule has 3 nitrogen and oxygen atoms in total. The van der Waals surface area contributed by atoms with Crippen molar-refractivity contribution in [1.82, 2.24) is 4.98 Å². The number of alkyl halides is 3. The summed E-state index contributed by atoms with van der Waals surface area (Å²) in [5.74, 6) is 0. The number of aromatic nitrogens is 2. The van der Waals surface area contributed by atoms with Crippen LogP contribution in [0.1, 0.15) is 33.3 Å². The minimum Gasteiger partial charge on any atom is -0.332 e.